The molecule has 3 rings (SSSR count). The van der Waals surface area contributed by atoms with Gasteiger partial charge >= 0.3 is 0 Å². The van der Waals surface area contributed by atoms with Crippen molar-refractivity contribution in [1.29, 1.82) is 0 Å². The normalized spacial score (nSPS) is 19.8. The number of aromatic hydroxyl groups is 1. The Morgan fingerprint density at radius 2 is 2.10 bits per heavy atom. The zero-order chi connectivity index (χ0) is 15.3. The molecule has 0 aromatic heterocycles. The minimum Gasteiger partial charge on any atom is -0.507 e. The van der Waals surface area contributed by atoms with Crippen LogP contribution in [0.25, 0.3) is 0 Å². The molecule has 0 saturated carbocycles. The molecule has 2 N–H and O–H groups in total. The van der Waals surface area contributed by atoms with Gasteiger partial charge in [0, 0.05) is 23.6 Å². The van der Waals surface area contributed by atoms with Crippen molar-refractivity contribution in [2.75, 3.05) is 7.11 Å². The Labute approximate surface area is 120 Å². The summed E-state index contributed by atoms with van der Waals surface area (Å²) in [6, 6.07) is 0. The van der Waals surface area contributed by atoms with E-state index in [2.05, 4.69) is 0 Å². The quantitative estimate of drug-likeness (QED) is 0.847. The van der Waals surface area contributed by atoms with E-state index in [1.165, 1.54) is 7.11 Å². The van der Waals surface area contributed by atoms with Crippen LogP contribution in [0.15, 0.2) is 11.8 Å². The summed E-state index contributed by atoms with van der Waals surface area (Å²) >= 11 is 0. The molecule has 1 aromatic carbocycles. The van der Waals surface area contributed by atoms with Crippen LogP contribution in [-0.2, 0) is 17.8 Å². The fraction of sp³-hybridized carbons (Fsp3) is 0.333. The van der Waals surface area contributed by atoms with E-state index in [-0.39, 0.29) is 40.1 Å². The lowest BCUT2D eigenvalue weighted by Gasteiger charge is -2.20. The number of hydrogen-bond acceptors (Lipinski definition) is 6. The third-order valence-corrected chi connectivity index (χ3v) is 3.79. The second kappa shape index (κ2) is 4.60. The number of Topliss-reactive ketones (excluding diaryl/α,β-unsaturated/α-hetero) is 1. The molecule has 0 radical (unpaired) electrons. The lowest BCUT2D eigenvalue weighted by Crippen LogP contribution is -2.20. The summed E-state index contributed by atoms with van der Waals surface area (Å²) < 4.78 is 10.6. The van der Waals surface area contributed by atoms with Crippen molar-refractivity contribution >= 4 is 11.6 Å². The summed E-state index contributed by atoms with van der Waals surface area (Å²) in [5.41, 5.74) is 0.703. The molecule has 6 nitrogen and oxygen atoms in total. The molecule has 0 bridgehead atoms. The first-order valence-electron chi connectivity index (χ1n) is 6.52. The van der Waals surface area contributed by atoms with Crippen molar-refractivity contribution in [2.24, 2.45) is 0 Å². The Bertz CT molecular complexity index is 701. The summed E-state index contributed by atoms with van der Waals surface area (Å²) in [6.45, 7) is 1.38. The van der Waals surface area contributed by atoms with Gasteiger partial charge in [-0.05, 0) is 6.92 Å². The van der Waals surface area contributed by atoms with E-state index in [9.17, 15) is 19.8 Å². The number of hydrogen-bond donors (Lipinski definition) is 2. The number of allylic oxidation sites excluding steroid dienone is 2. The first kappa shape index (κ1) is 13.6. The van der Waals surface area contributed by atoms with E-state index in [1.807, 2.05) is 6.92 Å². The number of fused-ring (bicyclic) bond motifs is 3. The van der Waals surface area contributed by atoms with Gasteiger partial charge in [-0.25, -0.2) is 0 Å². The highest BCUT2D eigenvalue weighted by Crippen LogP contribution is 2.45. The molecule has 0 unspecified atom stereocenters. The van der Waals surface area contributed by atoms with Gasteiger partial charge in [0.05, 0.1) is 24.8 Å². The van der Waals surface area contributed by atoms with Crippen molar-refractivity contribution in [1.82, 2.24) is 0 Å². The van der Waals surface area contributed by atoms with E-state index >= 15 is 0 Å². The molecule has 1 aliphatic carbocycles. The molecule has 6 heteroatoms. The number of ether oxygens (including phenoxy) is 2. The van der Waals surface area contributed by atoms with E-state index in [4.69, 9.17) is 9.47 Å². The SMILES string of the molecule is COC1=CC(=O)c2c(O)c(CO)c3c(c2C1=O)O[C@H](C)C3. The summed E-state index contributed by atoms with van der Waals surface area (Å²) in [6.07, 6.45) is 1.30. The number of methoxy groups -OCH3 is 1. The molecule has 21 heavy (non-hydrogen) atoms. The van der Waals surface area contributed by atoms with Gasteiger partial charge in [0.2, 0.25) is 5.78 Å². The number of ketones is 2. The Morgan fingerprint density at radius 3 is 2.71 bits per heavy atom. The van der Waals surface area contributed by atoms with E-state index in [0.29, 0.717) is 12.0 Å². The van der Waals surface area contributed by atoms with Gasteiger partial charge in [0.1, 0.15) is 17.6 Å². The van der Waals surface area contributed by atoms with Crippen LogP contribution in [0.1, 0.15) is 38.8 Å². The number of carbonyl (C=O) groups is 2. The summed E-state index contributed by atoms with van der Waals surface area (Å²) in [4.78, 5) is 24.6. The maximum absolute atomic E-state index is 12.4. The largest absolute Gasteiger partial charge is 0.507 e. The highest BCUT2D eigenvalue weighted by Gasteiger charge is 2.39. The van der Waals surface area contributed by atoms with Gasteiger partial charge in [0.25, 0.3) is 0 Å². The Hall–Kier alpha value is -2.34. The molecule has 1 heterocycles. The van der Waals surface area contributed by atoms with Gasteiger partial charge in [-0.15, -0.1) is 0 Å². The van der Waals surface area contributed by atoms with E-state index in [1.54, 1.807) is 0 Å². The Morgan fingerprint density at radius 1 is 1.38 bits per heavy atom. The monoisotopic (exact) mass is 290 g/mol. The van der Waals surface area contributed by atoms with Crippen molar-refractivity contribution in [3.8, 4) is 11.5 Å². The van der Waals surface area contributed by atoms with Crippen LogP contribution >= 0.6 is 0 Å². The molecule has 1 aliphatic heterocycles. The maximum atomic E-state index is 12.4. The molecule has 1 aromatic rings. The average molecular weight is 290 g/mol. The van der Waals surface area contributed by atoms with Gasteiger partial charge in [-0.1, -0.05) is 0 Å². The van der Waals surface area contributed by atoms with Crippen molar-refractivity contribution in [3.05, 3.63) is 34.1 Å². The standard InChI is InChI=1S/C15H14O6/c1-6-3-7-8(5-16)13(18)11-9(17)4-10(20-2)14(19)12(11)15(7)21-6/h4,6,16,18H,3,5H2,1-2H3/t6-/m1/s1. The molecular weight excluding hydrogens is 276 g/mol. The minimum absolute atomic E-state index is 0.0217. The molecule has 2 aliphatic rings. The number of aliphatic hydroxyl groups is 1. The molecule has 0 spiro atoms. The summed E-state index contributed by atoms with van der Waals surface area (Å²) in [5, 5.41) is 19.7. The Kier molecular flexibility index (Phi) is 2.98. The smallest absolute Gasteiger partial charge is 0.232 e. The van der Waals surface area contributed by atoms with Crippen molar-refractivity contribution < 1.29 is 29.3 Å². The summed E-state index contributed by atoms with van der Waals surface area (Å²) in [7, 11) is 1.30. The minimum atomic E-state index is -0.542. The average Bonchev–Trinajstić information content (AvgIpc) is 2.82. The van der Waals surface area contributed by atoms with Crippen LogP contribution in [-0.4, -0.2) is 35.0 Å². The van der Waals surface area contributed by atoms with Crippen LogP contribution in [0.2, 0.25) is 0 Å². The van der Waals surface area contributed by atoms with E-state index < -0.39 is 18.2 Å². The third kappa shape index (κ3) is 1.76. The number of rotatable bonds is 2. The second-order valence-electron chi connectivity index (χ2n) is 5.08. The topological polar surface area (TPSA) is 93.1 Å². The summed E-state index contributed by atoms with van der Waals surface area (Å²) in [5.74, 6) is -1.22. The van der Waals surface area contributed by atoms with E-state index in [0.717, 1.165) is 6.08 Å². The molecule has 1 atom stereocenters. The zero-order valence-corrected chi connectivity index (χ0v) is 11.6. The van der Waals surface area contributed by atoms with Crippen LogP contribution < -0.4 is 4.74 Å². The lowest BCUT2D eigenvalue weighted by molar-refractivity contribution is 0.0909. The molecule has 0 fully saturated rings. The van der Waals surface area contributed by atoms with Crippen LogP contribution in [0.3, 0.4) is 0 Å². The van der Waals surface area contributed by atoms with Crippen LogP contribution in [0.4, 0.5) is 0 Å². The second-order valence-corrected chi connectivity index (χ2v) is 5.08. The number of carbonyl (C=O) groups excluding carboxylic acids is 2. The molecular formula is C15H14O6. The molecule has 110 valence electrons. The third-order valence-electron chi connectivity index (χ3n) is 3.79. The fourth-order valence-electron chi connectivity index (χ4n) is 2.85. The highest BCUT2D eigenvalue weighted by molar-refractivity contribution is 6.26. The zero-order valence-electron chi connectivity index (χ0n) is 11.6. The molecule has 0 saturated heterocycles. The molecule has 0 amide bonds. The predicted octanol–water partition coefficient (Wildman–Crippen LogP) is 1.12. The van der Waals surface area contributed by atoms with Gasteiger partial charge in [-0.3, -0.25) is 9.59 Å². The van der Waals surface area contributed by atoms with Crippen molar-refractivity contribution in [3.63, 3.8) is 0 Å². The van der Waals surface area contributed by atoms with Gasteiger partial charge < -0.3 is 19.7 Å². The Balaban J connectivity index is 2.36. The predicted molar refractivity (Wildman–Crippen MR) is 71.6 cm³/mol. The number of phenols is 1. The lowest BCUT2D eigenvalue weighted by atomic mass is 9.86. The highest BCUT2D eigenvalue weighted by atomic mass is 16.5. The first-order valence-corrected chi connectivity index (χ1v) is 6.52. The maximum Gasteiger partial charge on any atom is 0.232 e. The number of aliphatic hydroxyl groups excluding tert-OH is 1. The van der Waals surface area contributed by atoms with Gasteiger partial charge in [-0.2, -0.15) is 0 Å². The van der Waals surface area contributed by atoms with Crippen LogP contribution in [0.5, 0.6) is 11.5 Å². The first-order chi connectivity index (χ1) is 9.99. The van der Waals surface area contributed by atoms with Crippen molar-refractivity contribution in [2.45, 2.75) is 26.1 Å². The van der Waals surface area contributed by atoms with Crippen LogP contribution in [0, 0.1) is 0 Å². The van der Waals surface area contributed by atoms with Gasteiger partial charge in [0.15, 0.2) is 11.5 Å². The fourth-order valence-corrected chi connectivity index (χ4v) is 2.85. The number of benzene rings is 1.